The molecule has 1 N–H and O–H groups in total. The number of hydrogen-bond donors (Lipinski definition) is 1. The Morgan fingerprint density at radius 3 is 2.35 bits per heavy atom. The number of pyridine rings is 1. The standard InChI is InChI=1S/C19H22N4O3/c1-15(16-5-3-2-4-6-16)18(24)26-21-19(25)23-13-11-22(12-14-23)17-7-9-20-10-8-17/h2-10,15H,11-14H2,1H3,(H,21,25). The van der Waals surface area contributed by atoms with Gasteiger partial charge in [0.15, 0.2) is 0 Å². The maximum Gasteiger partial charge on any atom is 0.350 e. The summed E-state index contributed by atoms with van der Waals surface area (Å²) in [6.07, 6.45) is 3.50. The summed E-state index contributed by atoms with van der Waals surface area (Å²) < 4.78 is 0. The van der Waals surface area contributed by atoms with Crippen LogP contribution in [0.15, 0.2) is 54.9 Å². The molecule has 0 radical (unpaired) electrons. The number of urea groups is 1. The van der Waals surface area contributed by atoms with E-state index in [1.807, 2.05) is 42.5 Å². The van der Waals surface area contributed by atoms with Crippen molar-refractivity contribution in [3.8, 4) is 0 Å². The van der Waals surface area contributed by atoms with E-state index < -0.39 is 17.9 Å². The van der Waals surface area contributed by atoms with Crippen molar-refractivity contribution in [3.05, 3.63) is 60.4 Å². The monoisotopic (exact) mass is 354 g/mol. The van der Waals surface area contributed by atoms with E-state index in [2.05, 4.69) is 15.4 Å². The van der Waals surface area contributed by atoms with Crippen LogP contribution < -0.4 is 10.4 Å². The molecule has 1 aliphatic rings. The zero-order valence-electron chi connectivity index (χ0n) is 14.7. The molecule has 2 heterocycles. The van der Waals surface area contributed by atoms with Crippen LogP contribution in [0.3, 0.4) is 0 Å². The van der Waals surface area contributed by atoms with Crippen LogP contribution in [-0.2, 0) is 9.63 Å². The average molecular weight is 354 g/mol. The number of nitrogens with one attached hydrogen (secondary N) is 1. The molecule has 26 heavy (non-hydrogen) atoms. The highest BCUT2D eigenvalue weighted by Gasteiger charge is 2.23. The van der Waals surface area contributed by atoms with Crippen LogP contribution in [0, 0.1) is 0 Å². The molecule has 1 saturated heterocycles. The number of aromatic nitrogens is 1. The van der Waals surface area contributed by atoms with Crippen LogP contribution >= 0.6 is 0 Å². The molecule has 1 aliphatic heterocycles. The van der Waals surface area contributed by atoms with Crippen molar-refractivity contribution in [3.63, 3.8) is 0 Å². The number of anilines is 1. The summed E-state index contributed by atoms with van der Waals surface area (Å²) in [5.74, 6) is -0.931. The Balaban J connectivity index is 1.45. The van der Waals surface area contributed by atoms with Crippen LogP contribution in [0.5, 0.6) is 0 Å². The van der Waals surface area contributed by atoms with Crippen molar-refractivity contribution in [2.45, 2.75) is 12.8 Å². The highest BCUT2D eigenvalue weighted by molar-refractivity contribution is 5.80. The van der Waals surface area contributed by atoms with Crippen molar-refractivity contribution in [2.24, 2.45) is 0 Å². The van der Waals surface area contributed by atoms with Crippen LogP contribution in [0.2, 0.25) is 0 Å². The minimum atomic E-state index is -0.486. The van der Waals surface area contributed by atoms with Gasteiger partial charge in [-0.2, -0.15) is 5.48 Å². The maximum absolute atomic E-state index is 12.2. The SMILES string of the molecule is CC(C(=O)ONC(=O)N1CCN(c2ccncc2)CC1)c1ccccc1. The number of piperazine rings is 1. The molecule has 1 unspecified atom stereocenters. The Bertz CT molecular complexity index is 731. The van der Waals surface area contributed by atoms with Crippen molar-refractivity contribution in [1.82, 2.24) is 15.4 Å². The third kappa shape index (κ3) is 4.30. The van der Waals surface area contributed by atoms with Crippen molar-refractivity contribution < 1.29 is 14.4 Å². The summed E-state index contributed by atoms with van der Waals surface area (Å²) >= 11 is 0. The summed E-state index contributed by atoms with van der Waals surface area (Å²) in [6, 6.07) is 12.8. The van der Waals surface area contributed by atoms with Crippen LogP contribution in [0.25, 0.3) is 0 Å². The third-order valence-corrected chi connectivity index (χ3v) is 4.49. The molecule has 3 rings (SSSR count). The Labute approximate surface area is 152 Å². The maximum atomic E-state index is 12.2. The normalized spacial score (nSPS) is 15.3. The predicted molar refractivity (Wildman–Crippen MR) is 97.5 cm³/mol. The molecule has 1 atom stereocenters. The largest absolute Gasteiger partial charge is 0.368 e. The zero-order valence-corrected chi connectivity index (χ0v) is 14.7. The van der Waals surface area contributed by atoms with Gasteiger partial charge in [0, 0.05) is 44.3 Å². The Morgan fingerprint density at radius 2 is 1.69 bits per heavy atom. The molecule has 7 heteroatoms. The van der Waals surface area contributed by atoms with Gasteiger partial charge in [-0.15, -0.1) is 0 Å². The number of nitrogens with zero attached hydrogens (tertiary/aromatic N) is 3. The van der Waals surface area contributed by atoms with Crippen LogP contribution in [0.1, 0.15) is 18.4 Å². The number of rotatable bonds is 3. The van der Waals surface area contributed by atoms with E-state index >= 15 is 0 Å². The van der Waals surface area contributed by atoms with E-state index in [9.17, 15) is 9.59 Å². The second-order valence-corrected chi connectivity index (χ2v) is 6.14. The van der Waals surface area contributed by atoms with E-state index in [0.717, 1.165) is 11.3 Å². The molecule has 2 amide bonds. The topological polar surface area (TPSA) is 74.8 Å². The van der Waals surface area contributed by atoms with Gasteiger partial charge < -0.3 is 14.6 Å². The first kappa shape index (κ1) is 17.7. The zero-order chi connectivity index (χ0) is 18.4. The number of carbonyl (C=O) groups is 2. The van der Waals surface area contributed by atoms with Gasteiger partial charge in [-0.1, -0.05) is 30.3 Å². The molecule has 7 nitrogen and oxygen atoms in total. The molecule has 0 saturated carbocycles. The fourth-order valence-corrected chi connectivity index (χ4v) is 2.85. The van der Waals surface area contributed by atoms with Gasteiger partial charge in [-0.05, 0) is 24.6 Å². The summed E-state index contributed by atoms with van der Waals surface area (Å²) in [4.78, 5) is 37.1. The molecular weight excluding hydrogens is 332 g/mol. The molecule has 1 aromatic carbocycles. The lowest BCUT2D eigenvalue weighted by molar-refractivity contribution is -0.150. The van der Waals surface area contributed by atoms with Crippen molar-refractivity contribution in [1.29, 1.82) is 0 Å². The predicted octanol–water partition coefficient (Wildman–Crippen LogP) is 2.18. The minimum absolute atomic E-state index is 0.395. The molecule has 1 aromatic heterocycles. The number of carbonyl (C=O) groups excluding carboxylic acids is 2. The van der Waals surface area contributed by atoms with Gasteiger partial charge in [-0.25, -0.2) is 9.59 Å². The first-order chi connectivity index (χ1) is 12.6. The summed E-state index contributed by atoms with van der Waals surface area (Å²) in [6.45, 7) is 4.29. The lowest BCUT2D eigenvalue weighted by Gasteiger charge is -2.35. The lowest BCUT2D eigenvalue weighted by Crippen LogP contribution is -2.52. The number of benzene rings is 1. The molecule has 1 fully saturated rings. The Hall–Kier alpha value is -3.09. The van der Waals surface area contributed by atoms with E-state index in [4.69, 9.17) is 4.84 Å². The van der Waals surface area contributed by atoms with E-state index in [-0.39, 0.29) is 0 Å². The molecule has 136 valence electrons. The van der Waals surface area contributed by atoms with Crippen molar-refractivity contribution in [2.75, 3.05) is 31.1 Å². The van der Waals surface area contributed by atoms with E-state index in [1.165, 1.54) is 0 Å². The van der Waals surface area contributed by atoms with Gasteiger partial charge in [0.05, 0.1) is 5.92 Å². The summed E-state index contributed by atoms with van der Waals surface area (Å²) in [5, 5.41) is 0. The van der Waals surface area contributed by atoms with Gasteiger partial charge in [-0.3, -0.25) is 4.98 Å². The number of hydroxylamine groups is 1. The first-order valence-electron chi connectivity index (χ1n) is 8.60. The molecular formula is C19H22N4O3. The highest BCUT2D eigenvalue weighted by atomic mass is 16.7. The fourth-order valence-electron chi connectivity index (χ4n) is 2.85. The minimum Gasteiger partial charge on any atom is -0.368 e. The second kappa shape index (κ2) is 8.33. The van der Waals surface area contributed by atoms with Crippen LogP contribution in [0.4, 0.5) is 10.5 Å². The summed E-state index contributed by atoms with van der Waals surface area (Å²) in [5.41, 5.74) is 4.20. The van der Waals surface area contributed by atoms with Crippen molar-refractivity contribution >= 4 is 17.7 Å². The molecule has 0 aliphatic carbocycles. The third-order valence-electron chi connectivity index (χ3n) is 4.49. The molecule has 2 aromatic rings. The number of amides is 2. The quantitative estimate of drug-likeness (QED) is 0.855. The number of hydrogen-bond acceptors (Lipinski definition) is 5. The lowest BCUT2D eigenvalue weighted by atomic mass is 10.0. The van der Waals surface area contributed by atoms with Gasteiger partial charge in [0.1, 0.15) is 0 Å². The molecule has 0 bridgehead atoms. The molecule has 0 spiro atoms. The van der Waals surface area contributed by atoms with Gasteiger partial charge >= 0.3 is 12.0 Å². The second-order valence-electron chi connectivity index (χ2n) is 6.14. The first-order valence-corrected chi connectivity index (χ1v) is 8.60. The smallest absolute Gasteiger partial charge is 0.350 e. The summed E-state index contributed by atoms with van der Waals surface area (Å²) in [7, 11) is 0. The highest BCUT2D eigenvalue weighted by Crippen LogP contribution is 2.16. The fraction of sp³-hybridized carbons (Fsp3) is 0.316. The Kier molecular flexibility index (Phi) is 5.68. The van der Waals surface area contributed by atoms with Gasteiger partial charge in [0.25, 0.3) is 0 Å². The van der Waals surface area contributed by atoms with E-state index in [0.29, 0.717) is 26.2 Å². The Morgan fingerprint density at radius 1 is 1.04 bits per heavy atom. The van der Waals surface area contributed by atoms with E-state index in [1.54, 1.807) is 24.2 Å². The van der Waals surface area contributed by atoms with Crippen LogP contribution in [-0.4, -0.2) is 48.1 Å². The van der Waals surface area contributed by atoms with Gasteiger partial charge in [0.2, 0.25) is 0 Å². The average Bonchev–Trinajstić information content (AvgIpc) is 2.72.